The largest absolute Gasteiger partial charge is 0.494 e. The van der Waals surface area contributed by atoms with Crippen LogP contribution in [0.25, 0.3) is 0 Å². The number of unbranched alkanes of at least 4 members (excludes halogenated alkanes) is 3. The summed E-state index contributed by atoms with van der Waals surface area (Å²) in [6.45, 7) is 6.33. The number of rotatable bonds is 15. The standard InChI is InChI=1S/C31H52O2/c1-3-5-7-10-27-16-18-29(19-17-27)25-33-31-22-20-30(21-23-31)32-24-8-11-28-14-12-26(13-15-28)9-6-4-2/h20-23,26-29H,3-19,24-25H2,1-2H3. The molecular formula is C31H52O2. The maximum atomic E-state index is 6.12. The van der Waals surface area contributed by atoms with Crippen LogP contribution in [0.1, 0.15) is 123 Å². The van der Waals surface area contributed by atoms with Crippen LogP contribution < -0.4 is 9.47 Å². The van der Waals surface area contributed by atoms with E-state index in [1.54, 1.807) is 0 Å². The van der Waals surface area contributed by atoms with Gasteiger partial charge in [-0.15, -0.1) is 0 Å². The quantitative estimate of drug-likeness (QED) is 0.245. The zero-order chi connectivity index (χ0) is 23.1. The molecular weight excluding hydrogens is 404 g/mol. The Bertz CT molecular complexity index is 594. The molecule has 33 heavy (non-hydrogen) atoms. The summed E-state index contributed by atoms with van der Waals surface area (Å²) >= 11 is 0. The van der Waals surface area contributed by atoms with E-state index in [9.17, 15) is 0 Å². The molecule has 0 amide bonds. The summed E-state index contributed by atoms with van der Waals surface area (Å²) in [5.74, 6) is 5.65. The zero-order valence-corrected chi connectivity index (χ0v) is 21.9. The van der Waals surface area contributed by atoms with E-state index in [-0.39, 0.29) is 0 Å². The maximum Gasteiger partial charge on any atom is 0.119 e. The first-order chi connectivity index (χ1) is 16.3. The number of ether oxygens (including phenoxy) is 2. The van der Waals surface area contributed by atoms with Gasteiger partial charge in [-0.3, -0.25) is 0 Å². The van der Waals surface area contributed by atoms with E-state index >= 15 is 0 Å². The Hall–Kier alpha value is -1.18. The van der Waals surface area contributed by atoms with E-state index in [0.717, 1.165) is 48.4 Å². The lowest BCUT2D eigenvalue weighted by molar-refractivity contribution is 0.177. The minimum absolute atomic E-state index is 0.741. The summed E-state index contributed by atoms with van der Waals surface area (Å²) < 4.78 is 12.1. The van der Waals surface area contributed by atoms with Gasteiger partial charge >= 0.3 is 0 Å². The van der Waals surface area contributed by atoms with Crippen LogP contribution in [-0.4, -0.2) is 13.2 Å². The van der Waals surface area contributed by atoms with Crippen LogP contribution in [0.3, 0.4) is 0 Å². The molecule has 3 rings (SSSR count). The van der Waals surface area contributed by atoms with Crippen LogP contribution in [0, 0.1) is 23.7 Å². The van der Waals surface area contributed by atoms with Gasteiger partial charge in [0.2, 0.25) is 0 Å². The number of hydrogen-bond acceptors (Lipinski definition) is 2. The molecule has 0 heterocycles. The smallest absolute Gasteiger partial charge is 0.119 e. The second-order valence-electron chi connectivity index (χ2n) is 11.2. The van der Waals surface area contributed by atoms with E-state index in [4.69, 9.17) is 9.47 Å². The topological polar surface area (TPSA) is 18.5 Å². The third-order valence-electron chi connectivity index (χ3n) is 8.45. The highest BCUT2D eigenvalue weighted by Crippen LogP contribution is 2.34. The van der Waals surface area contributed by atoms with E-state index in [2.05, 4.69) is 38.1 Å². The van der Waals surface area contributed by atoms with Crippen LogP contribution in [0.4, 0.5) is 0 Å². The van der Waals surface area contributed by atoms with Crippen molar-refractivity contribution in [1.82, 2.24) is 0 Å². The molecule has 2 nitrogen and oxygen atoms in total. The number of benzene rings is 1. The van der Waals surface area contributed by atoms with E-state index in [1.165, 1.54) is 109 Å². The minimum Gasteiger partial charge on any atom is -0.494 e. The molecule has 2 saturated carbocycles. The Labute approximate surface area is 205 Å². The van der Waals surface area contributed by atoms with Crippen molar-refractivity contribution in [3.63, 3.8) is 0 Å². The van der Waals surface area contributed by atoms with Gasteiger partial charge in [0, 0.05) is 0 Å². The van der Waals surface area contributed by atoms with Crippen molar-refractivity contribution < 1.29 is 9.47 Å². The lowest BCUT2D eigenvalue weighted by atomic mass is 9.78. The molecule has 0 radical (unpaired) electrons. The van der Waals surface area contributed by atoms with Crippen LogP contribution in [0.2, 0.25) is 0 Å². The highest BCUT2D eigenvalue weighted by molar-refractivity contribution is 5.31. The summed E-state index contributed by atoms with van der Waals surface area (Å²) in [6.07, 6.45) is 23.7. The second kappa shape index (κ2) is 15.7. The first-order valence-corrected chi connectivity index (χ1v) is 14.6. The molecule has 2 fully saturated rings. The molecule has 0 unspecified atom stereocenters. The van der Waals surface area contributed by atoms with Crippen LogP contribution in [-0.2, 0) is 0 Å². The monoisotopic (exact) mass is 456 g/mol. The van der Waals surface area contributed by atoms with Crippen molar-refractivity contribution in [2.24, 2.45) is 23.7 Å². The van der Waals surface area contributed by atoms with Gasteiger partial charge in [-0.05, 0) is 73.6 Å². The molecule has 1 aromatic carbocycles. The molecule has 0 bridgehead atoms. The first-order valence-electron chi connectivity index (χ1n) is 14.6. The highest BCUT2D eigenvalue weighted by Gasteiger charge is 2.22. The summed E-state index contributed by atoms with van der Waals surface area (Å²) in [6, 6.07) is 8.34. The van der Waals surface area contributed by atoms with E-state index in [1.807, 2.05) is 0 Å². The van der Waals surface area contributed by atoms with Crippen LogP contribution in [0.5, 0.6) is 11.5 Å². The molecule has 0 N–H and O–H groups in total. The average Bonchev–Trinajstić information content (AvgIpc) is 2.86. The first kappa shape index (κ1) is 26.4. The van der Waals surface area contributed by atoms with E-state index in [0.29, 0.717) is 0 Å². The maximum absolute atomic E-state index is 6.12. The fraction of sp³-hybridized carbons (Fsp3) is 0.806. The highest BCUT2D eigenvalue weighted by atomic mass is 16.5. The summed E-state index contributed by atoms with van der Waals surface area (Å²) in [5.41, 5.74) is 0. The Kier molecular flexibility index (Phi) is 12.5. The Balaban J connectivity index is 1.22. The fourth-order valence-corrected chi connectivity index (χ4v) is 6.08. The molecule has 1 aromatic rings. The normalized spacial score (nSPS) is 25.6. The average molecular weight is 457 g/mol. The van der Waals surface area contributed by atoms with Gasteiger partial charge in [-0.25, -0.2) is 0 Å². The van der Waals surface area contributed by atoms with Gasteiger partial charge < -0.3 is 9.47 Å². The number of hydrogen-bond donors (Lipinski definition) is 0. The van der Waals surface area contributed by atoms with Crippen LogP contribution in [0.15, 0.2) is 24.3 Å². The fourth-order valence-electron chi connectivity index (χ4n) is 6.08. The molecule has 0 atom stereocenters. The van der Waals surface area contributed by atoms with Crippen molar-refractivity contribution in [3.8, 4) is 11.5 Å². The van der Waals surface area contributed by atoms with Gasteiger partial charge in [0.15, 0.2) is 0 Å². The molecule has 0 aliphatic heterocycles. The van der Waals surface area contributed by atoms with Crippen molar-refractivity contribution >= 4 is 0 Å². The lowest BCUT2D eigenvalue weighted by Gasteiger charge is -2.28. The van der Waals surface area contributed by atoms with Gasteiger partial charge in [0.05, 0.1) is 13.2 Å². The Morgan fingerprint density at radius 1 is 0.545 bits per heavy atom. The van der Waals surface area contributed by atoms with Crippen molar-refractivity contribution in [1.29, 1.82) is 0 Å². The zero-order valence-electron chi connectivity index (χ0n) is 21.9. The summed E-state index contributed by atoms with van der Waals surface area (Å²) in [7, 11) is 0. The van der Waals surface area contributed by atoms with E-state index < -0.39 is 0 Å². The van der Waals surface area contributed by atoms with Crippen molar-refractivity contribution in [2.75, 3.05) is 13.2 Å². The predicted molar refractivity (Wildman–Crippen MR) is 141 cm³/mol. The molecule has 2 aliphatic carbocycles. The molecule has 2 heteroatoms. The van der Waals surface area contributed by atoms with Crippen LogP contribution >= 0.6 is 0 Å². The third kappa shape index (κ3) is 10.3. The summed E-state index contributed by atoms with van der Waals surface area (Å²) in [4.78, 5) is 0. The third-order valence-corrected chi connectivity index (χ3v) is 8.45. The van der Waals surface area contributed by atoms with Gasteiger partial charge in [0.1, 0.15) is 11.5 Å². The van der Waals surface area contributed by atoms with Crippen molar-refractivity contribution in [3.05, 3.63) is 24.3 Å². The lowest BCUT2D eigenvalue weighted by Crippen LogP contribution is -2.20. The van der Waals surface area contributed by atoms with Gasteiger partial charge in [-0.1, -0.05) is 97.3 Å². The molecule has 2 aliphatic rings. The minimum atomic E-state index is 0.741. The molecule has 0 saturated heterocycles. The SMILES string of the molecule is CCCCCC1CCC(COc2ccc(OCCCC3CCC(CCCC)CC3)cc2)CC1. The molecule has 0 aromatic heterocycles. The molecule has 188 valence electrons. The van der Waals surface area contributed by atoms with Gasteiger partial charge in [-0.2, -0.15) is 0 Å². The predicted octanol–water partition coefficient (Wildman–Crippen LogP) is 9.61. The second-order valence-corrected chi connectivity index (χ2v) is 11.2. The Morgan fingerprint density at radius 3 is 1.55 bits per heavy atom. The van der Waals surface area contributed by atoms with Crippen molar-refractivity contribution in [2.45, 2.75) is 123 Å². The van der Waals surface area contributed by atoms with Gasteiger partial charge in [0.25, 0.3) is 0 Å². The Morgan fingerprint density at radius 2 is 1.00 bits per heavy atom. The summed E-state index contributed by atoms with van der Waals surface area (Å²) in [5, 5.41) is 0. The molecule has 0 spiro atoms.